The average Bonchev–Trinajstić information content (AvgIpc) is 2.76. The number of nitrogen functional groups attached to an aromatic ring is 1. The van der Waals surface area contributed by atoms with Crippen molar-refractivity contribution >= 4 is 50.1 Å². The molecule has 96 valence electrons. The van der Waals surface area contributed by atoms with Crippen molar-refractivity contribution in [3.8, 4) is 10.6 Å². The summed E-state index contributed by atoms with van der Waals surface area (Å²) in [5.74, 6) is 1.13. The molecule has 0 aliphatic rings. The van der Waals surface area contributed by atoms with Crippen LogP contribution in [0.4, 0.5) is 5.82 Å². The largest absolute Gasteiger partial charge is 0.382 e. The Morgan fingerprint density at radius 3 is 2.74 bits per heavy atom. The van der Waals surface area contributed by atoms with Crippen molar-refractivity contribution in [3.63, 3.8) is 0 Å². The zero-order valence-electron chi connectivity index (χ0n) is 10.4. The lowest BCUT2D eigenvalue weighted by Gasteiger charge is -2.02. The minimum Gasteiger partial charge on any atom is -0.382 e. The van der Waals surface area contributed by atoms with Crippen LogP contribution >= 0.6 is 33.9 Å². The van der Waals surface area contributed by atoms with Crippen LogP contribution in [-0.2, 0) is 0 Å². The lowest BCUT2D eigenvalue weighted by atomic mass is 10.1. The summed E-state index contributed by atoms with van der Waals surface area (Å²) in [6.07, 6.45) is 0. The van der Waals surface area contributed by atoms with Gasteiger partial charge in [-0.3, -0.25) is 0 Å². The van der Waals surface area contributed by atoms with Crippen molar-refractivity contribution in [2.75, 3.05) is 5.73 Å². The highest BCUT2D eigenvalue weighted by atomic mass is 127. The van der Waals surface area contributed by atoms with E-state index in [2.05, 4.69) is 62.7 Å². The van der Waals surface area contributed by atoms with Gasteiger partial charge in [-0.2, -0.15) is 0 Å². The Kier molecular flexibility index (Phi) is 3.14. The van der Waals surface area contributed by atoms with Crippen LogP contribution in [0.15, 0.2) is 18.2 Å². The van der Waals surface area contributed by atoms with Crippen LogP contribution in [0.2, 0.25) is 0 Å². The van der Waals surface area contributed by atoms with Gasteiger partial charge in [-0.1, -0.05) is 17.4 Å². The van der Waals surface area contributed by atoms with Crippen LogP contribution in [0.1, 0.15) is 11.4 Å². The molecule has 0 atom stereocenters. The molecule has 0 radical (unpaired) electrons. The second-order valence-electron chi connectivity index (χ2n) is 4.29. The summed E-state index contributed by atoms with van der Waals surface area (Å²) in [4.78, 5) is 14.0. The van der Waals surface area contributed by atoms with Crippen LogP contribution < -0.4 is 5.73 Å². The summed E-state index contributed by atoms with van der Waals surface area (Å²) >= 11 is 3.86. The van der Waals surface area contributed by atoms with Gasteiger partial charge in [0, 0.05) is 9.13 Å². The quantitative estimate of drug-likeness (QED) is 0.654. The third-order valence-corrected chi connectivity index (χ3v) is 4.48. The maximum Gasteiger partial charge on any atom is 0.154 e. The van der Waals surface area contributed by atoms with Crippen molar-refractivity contribution in [2.45, 2.75) is 13.8 Å². The van der Waals surface area contributed by atoms with Gasteiger partial charge >= 0.3 is 0 Å². The fourth-order valence-electron chi connectivity index (χ4n) is 1.89. The molecule has 3 aromatic rings. The lowest BCUT2D eigenvalue weighted by Crippen LogP contribution is -1.95. The Labute approximate surface area is 128 Å². The van der Waals surface area contributed by atoms with E-state index in [-0.39, 0.29) is 0 Å². The predicted octanol–water partition coefficient (Wildman–Crippen LogP) is 3.56. The van der Waals surface area contributed by atoms with E-state index in [0.717, 1.165) is 15.4 Å². The van der Waals surface area contributed by atoms with Crippen LogP contribution in [0.5, 0.6) is 0 Å². The van der Waals surface area contributed by atoms with Gasteiger partial charge in [-0.05, 0) is 54.1 Å². The maximum absolute atomic E-state index is 5.91. The molecule has 6 heteroatoms. The van der Waals surface area contributed by atoms with E-state index in [0.29, 0.717) is 17.2 Å². The van der Waals surface area contributed by atoms with Crippen LogP contribution in [0.25, 0.3) is 20.9 Å². The number of fused-ring (bicyclic) bond motifs is 1. The van der Waals surface area contributed by atoms with Crippen molar-refractivity contribution in [1.82, 2.24) is 15.0 Å². The number of nitrogens with zero attached hydrogens (tertiary/aromatic N) is 3. The minimum atomic E-state index is 0.452. The maximum atomic E-state index is 5.91. The van der Waals surface area contributed by atoms with Gasteiger partial charge in [0.2, 0.25) is 0 Å². The fraction of sp³-hybridized carbons (Fsp3) is 0.154. The van der Waals surface area contributed by atoms with Gasteiger partial charge < -0.3 is 5.73 Å². The highest BCUT2D eigenvalue weighted by Gasteiger charge is 2.13. The molecule has 0 unspecified atom stereocenters. The minimum absolute atomic E-state index is 0.452. The van der Waals surface area contributed by atoms with Gasteiger partial charge in [0.25, 0.3) is 0 Å². The number of hydrogen-bond acceptors (Lipinski definition) is 5. The van der Waals surface area contributed by atoms with Crippen LogP contribution in [0.3, 0.4) is 0 Å². The monoisotopic (exact) mass is 382 g/mol. The zero-order chi connectivity index (χ0) is 13.6. The highest BCUT2D eigenvalue weighted by Crippen LogP contribution is 2.33. The smallest absolute Gasteiger partial charge is 0.154 e. The molecule has 0 saturated heterocycles. The molecule has 0 aliphatic carbocycles. The number of thiazole rings is 1. The normalized spacial score (nSPS) is 11.1. The zero-order valence-corrected chi connectivity index (χ0v) is 13.4. The van der Waals surface area contributed by atoms with Crippen molar-refractivity contribution in [2.24, 2.45) is 0 Å². The molecule has 2 aromatic heterocycles. The van der Waals surface area contributed by atoms with Gasteiger partial charge in [0.15, 0.2) is 5.82 Å². The van der Waals surface area contributed by atoms with E-state index in [4.69, 9.17) is 5.73 Å². The number of halogens is 1. The molecule has 2 heterocycles. The second kappa shape index (κ2) is 4.68. The average molecular weight is 382 g/mol. The first-order valence-electron chi connectivity index (χ1n) is 5.72. The summed E-state index contributed by atoms with van der Waals surface area (Å²) in [5.41, 5.74) is 8.93. The first-order valence-corrected chi connectivity index (χ1v) is 7.61. The van der Waals surface area contributed by atoms with E-state index in [1.807, 2.05) is 6.92 Å². The fourth-order valence-corrected chi connectivity index (χ4v) is 3.46. The molecule has 0 aliphatic heterocycles. The van der Waals surface area contributed by atoms with Gasteiger partial charge in [0.05, 0.1) is 0 Å². The molecular weight excluding hydrogens is 371 g/mol. The summed E-state index contributed by atoms with van der Waals surface area (Å²) in [7, 11) is 0. The van der Waals surface area contributed by atoms with Gasteiger partial charge in [-0.25, -0.2) is 15.0 Å². The topological polar surface area (TPSA) is 64.7 Å². The van der Waals surface area contributed by atoms with E-state index in [9.17, 15) is 0 Å². The number of anilines is 1. The Balaban J connectivity index is 2.26. The molecule has 0 spiro atoms. The number of benzene rings is 1. The number of aromatic nitrogens is 3. The van der Waals surface area contributed by atoms with E-state index in [1.165, 1.54) is 9.13 Å². The standard InChI is InChI=1S/C13H11IN4S/c1-6-3-4-8(14)5-9(6)12-18-10-11(15)16-7(2)17-13(10)19-12/h3-5H,1-2H3,(H2,15,16,17). The molecule has 0 bridgehead atoms. The number of aryl methyl sites for hydroxylation is 2. The number of nitrogens with two attached hydrogens (primary N) is 1. The first-order chi connectivity index (χ1) is 9.04. The molecule has 19 heavy (non-hydrogen) atoms. The van der Waals surface area contributed by atoms with Crippen molar-refractivity contribution in [3.05, 3.63) is 33.2 Å². The summed E-state index contributed by atoms with van der Waals surface area (Å²) < 4.78 is 1.19. The molecule has 0 fully saturated rings. The number of hydrogen-bond donors (Lipinski definition) is 1. The third-order valence-electron chi connectivity index (χ3n) is 2.83. The van der Waals surface area contributed by atoms with Crippen LogP contribution in [0, 0.1) is 17.4 Å². The Hall–Kier alpha value is -1.28. The van der Waals surface area contributed by atoms with E-state index < -0.39 is 0 Å². The third kappa shape index (κ3) is 2.30. The molecule has 4 nitrogen and oxygen atoms in total. The SMILES string of the molecule is Cc1nc(N)c2nc(-c3cc(I)ccc3C)sc2n1. The van der Waals surface area contributed by atoms with Crippen molar-refractivity contribution in [1.29, 1.82) is 0 Å². The first kappa shape index (κ1) is 12.7. The molecule has 1 aromatic carbocycles. The highest BCUT2D eigenvalue weighted by molar-refractivity contribution is 14.1. The van der Waals surface area contributed by atoms with E-state index >= 15 is 0 Å². The van der Waals surface area contributed by atoms with Gasteiger partial charge in [0.1, 0.15) is 21.2 Å². The van der Waals surface area contributed by atoms with Gasteiger partial charge in [-0.15, -0.1) is 0 Å². The Bertz CT molecular complexity index is 782. The summed E-state index contributed by atoms with van der Waals surface area (Å²) in [6.45, 7) is 3.92. The summed E-state index contributed by atoms with van der Waals surface area (Å²) in [5, 5.41) is 0.942. The molecule has 0 saturated carbocycles. The molecule has 2 N–H and O–H groups in total. The summed E-state index contributed by atoms with van der Waals surface area (Å²) in [6, 6.07) is 6.32. The molecule has 3 rings (SSSR count). The Morgan fingerprint density at radius 2 is 1.95 bits per heavy atom. The molecular formula is C13H11IN4S. The molecule has 0 amide bonds. The lowest BCUT2D eigenvalue weighted by molar-refractivity contribution is 1.10. The van der Waals surface area contributed by atoms with E-state index in [1.54, 1.807) is 11.3 Å². The Morgan fingerprint density at radius 1 is 1.16 bits per heavy atom. The second-order valence-corrected chi connectivity index (χ2v) is 6.51. The van der Waals surface area contributed by atoms with Crippen LogP contribution in [-0.4, -0.2) is 15.0 Å². The predicted molar refractivity (Wildman–Crippen MR) is 87.2 cm³/mol. The van der Waals surface area contributed by atoms with Crippen molar-refractivity contribution < 1.29 is 0 Å². The number of rotatable bonds is 1.